The third kappa shape index (κ3) is 4.81. The molecule has 0 aliphatic carbocycles. The van der Waals surface area contributed by atoms with Crippen LogP contribution in [0.5, 0.6) is 11.5 Å². The second-order valence-corrected chi connectivity index (χ2v) is 10.0. The zero-order valence-corrected chi connectivity index (χ0v) is 18.9. The summed E-state index contributed by atoms with van der Waals surface area (Å²) in [5.74, 6) is 1.01. The molecule has 0 radical (unpaired) electrons. The second kappa shape index (κ2) is 9.06. The van der Waals surface area contributed by atoms with Crippen molar-refractivity contribution >= 4 is 27.5 Å². The van der Waals surface area contributed by atoms with E-state index in [4.69, 9.17) is 21.1 Å². The molecule has 0 aromatic heterocycles. The Labute approximate surface area is 187 Å². The molecule has 31 heavy (non-hydrogen) atoms. The van der Waals surface area contributed by atoms with Crippen molar-refractivity contribution in [2.45, 2.75) is 24.7 Å². The van der Waals surface area contributed by atoms with E-state index in [-0.39, 0.29) is 23.9 Å². The first-order valence-corrected chi connectivity index (χ1v) is 12.1. The van der Waals surface area contributed by atoms with E-state index in [0.29, 0.717) is 55.7 Å². The predicted octanol–water partition coefficient (Wildman–Crippen LogP) is 2.89. The van der Waals surface area contributed by atoms with Gasteiger partial charge in [0.2, 0.25) is 15.9 Å². The minimum atomic E-state index is -3.66. The predicted molar refractivity (Wildman–Crippen MR) is 117 cm³/mol. The van der Waals surface area contributed by atoms with Crippen LogP contribution in [0.4, 0.5) is 0 Å². The molecule has 2 aromatic carbocycles. The summed E-state index contributed by atoms with van der Waals surface area (Å²) < 4.78 is 38.4. The second-order valence-electron chi connectivity index (χ2n) is 7.67. The van der Waals surface area contributed by atoms with Crippen molar-refractivity contribution in [1.29, 1.82) is 0 Å². The molecular weight excluding hydrogens is 440 g/mol. The fourth-order valence-corrected chi connectivity index (χ4v) is 5.35. The van der Waals surface area contributed by atoms with Gasteiger partial charge in [0.25, 0.3) is 0 Å². The zero-order chi connectivity index (χ0) is 22.0. The molecule has 2 aliphatic rings. The van der Waals surface area contributed by atoms with Crippen LogP contribution in [0.25, 0.3) is 0 Å². The van der Waals surface area contributed by atoms with Crippen LogP contribution in [-0.4, -0.2) is 62.9 Å². The van der Waals surface area contributed by atoms with Crippen LogP contribution in [-0.2, 0) is 21.2 Å². The van der Waals surface area contributed by atoms with Gasteiger partial charge in [-0.1, -0.05) is 23.7 Å². The largest absolute Gasteiger partial charge is 0.486 e. The average Bonchev–Trinajstić information content (AvgIpc) is 2.79. The van der Waals surface area contributed by atoms with Crippen molar-refractivity contribution in [3.8, 4) is 11.5 Å². The van der Waals surface area contributed by atoms with Crippen LogP contribution < -0.4 is 9.47 Å². The molecule has 166 valence electrons. The topological polar surface area (TPSA) is 76.2 Å². The summed E-state index contributed by atoms with van der Waals surface area (Å²) in [6.07, 6.45) is 0.975. The van der Waals surface area contributed by atoms with Gasteiger partial charge in [-0.2, -0.15) is 4.31 Å². The molecule has 7 nitrogen and oxygen atoms in total. The number of carbonyl (C=O) groups is 1. The molecule has 2 aliphatic heterocycles. The maximum Gasteiger partial charge on any atom is 0.243 e. The highest BCUT2D eigenvalue weighted by Gasteiger charge is 2.31. The van der Waals surface area contributed by atoms with E-state index in [1.807, 2.05) is 25.1 Å². The molecule has 2 heterocycles. The lowest BCUT2D eigenvalue weighted by atomic mass is 10.1. The first-order chi connectivity index (χ1) is 14.8. The Morgan fingerprint density at radius 2 is 1.71 bits per heavy atom. The number of rotatable bonds is 5. The maximum absolute atomic E-state index is 13.0. The van der Waals surface area contributed by atoms with E-state index in [1.165, 1.54) is 16.4 Å². The molecule has 1 fully saturated rings. The summed E-state index contributed by atoms with van der Waals surface area (Å²) in [6.45, 7) is 4.06. The van der Waals surface area contributed by atoms with Gasteiger partial charge in [0.05, 0.1) is 4.90 Å². The molecule has 4 rings (SSSR count). The number of aryl methyl sites for hydroxylation is 2. The summed E-state index contributed by atoms with van der Waals surface area (Å²) in [7, 11) is -3.66. The van der Waals surface area contributed by atoms with Crippen LogP contribution in [0.2, 0.25) is 5.02 Å². The number of hydrogen-bond acceptors (Lipinski definition) is 5. The number of carbonyl (C=O) groups excluding carboxylic acids is 1. The van der Waals surface area contributed by atoms with Gasteiger partial charge < -0.3 is 14.4 Å². The van der Waals surface area contributed by atoms with Gasteiger partial charge >= 0.3 is 0 Å². The quantitative estimate of drug-likeness (QED) is 0.680. The lowest BCUT2D eigenvalue weighted by Gasteiger charge is -2.34. The molecule has 0 saturated carbocycles. The Morgan fingerprint density at radius 3 is 2.42 bits per heavy atom. The number of amides is 1. The zero-order valence-electron chi connectivity index (χ0n) is 17.3. The minimum Gasteiger partial charge on any atom is -0.486 e. The van der Waals surface area contributed by atoms with Crippen molar-refractivity contribution in [3.63, 3.8) is 0 Å². The van der Waals surface area contributed by atoms with Crippen LogP contribution in [0, 0.1) is 6.92 Å². The van der Waals surface area contributed by atoms with Gasteiger partial charge in [0.15, 0.2) is 11.5 Å². The van der Waals surface area contributed by atoms with Gasteiger partial charge in [0.1, 0.15) is 13.2 Å². The molecule has 1 amide bonds. The van der Waals surface area contributed by atoms with Crippen molar-refractivity contribution < 1.29 is 22.7 Å². The maximum atomic E-state index is 13.0. The molecule has 9 heteroatoms. The van der Waals surface area contributed by atoms with Crippen LogP contribution in [0.3, 0.4) is 0 Å². The summed E-state index contributed by atoms with van der Waals surface area (Å²) in [4.78, 5) is 14.5. The number of halogens is 1. The molecular formula is C22H25ClN2O5S. The van der Waals surface area contributed by atoms with E-state index < -0.39 is 10.0 Å². The Balaban J connectivity index is 1.34. The number of piperazine rings is 1. The van der Waals surface area contributed by atoms with Gasteiger partial charge in [0, 0.05) is 43.7 Å². The standard InChI is InChI=1S/C22H25ClN2O5S/c1-16-2-3-17(14-19(16)23)4-7-22(26)24-8-10-25(11-9-24)31(27,28)18-5-6-20-21(15-18)30-13-12-29-20/h2-3,5-6,14-15H,4,7-13H2,1H3. The van der Waals surface area contributed by atoms with E-state index in [1.54, 1.807) is 11.0 Å². The number of fused-ring (bicyclic) bond motifs is 1. The summed E-state index contributed by atoms with van der Waals surface area (Å²) in [6, 6.07) is 10.5. The van der Waals surface area contributed by atoms with Crippen molar-refractivity contribution in [2.75, 3.05) is 39.4 Å². The molecule has 2 aromatic rings. The summed E-state index contributed by atoms with van der Waals surface area (Å²) >= 11 is 6.15. The number of benzene rings is 2. The summed E-state index contributed by atoms with van der Waals surface area (Å²) in [5, 5.41) is 0.697. The lowest BCUT2D eigenvalue weighted by Crippen LogP contribution is -2.50. The van der Waals surface area contributed by atoms with Crippen LogP contribution >= 0.6 is 11.6 Å². The third-order valence-corrected chi connectivity index (χ3v) is 7.91. The highest BCUT2D eigenvalue weighted by molar-refractivity contribution is 7.89. The number of hydrogen-bond donors (Lipinski definition) is 0. The van der Waals surface area contributed by atoms with Gasteiger partial charge in [-0.3, -0.25) is 4.79 Å². The first-order valence-electron chi connectivity index (χ1n) is 10.3. The Kier molecular flexibility index (Phi) is 6.41. The minimum absolute atomic E-state index is 0.0214. The van der Waals surface area contributed by atoms with Crippen molar-refractivity contribution in [1.82, 2.24) is 9.21 Å². The lowest BCUT2D eigenvalue weighted by molar-refractivity contribution is -0.132. The van der Waals surface area contributed by atoms with Crippen LogP contribution in [0.15, 0.2) is 41.3 Å². The van der Waals surface area contributed by atoms with Gasteiger partial charge in [-0.05, 0) is 42.7 Å². The normalized spacial score (nSPS) is 16.9. The van der Waals surface area contributed by atoms with Crippen molar-refractivity contribution in [3.05, 3.63) is 52.5 Å². The Morgan fingerprint density at radius 1 is 1.00 bits per heavy atom. The number of ether oxygens (including phenoxy) is 2. The fraction of sp³-hybridized carbons (Fsp3) is 0.409. The van der Waals surface area contributed by atoms with E-state index in [0.717, 1.165) is 11.1 Å². The van der Waals surface area contributed by atoms with E-state index >= 15 is 0 Å². The molecule has 0 atom stereocenters. The van der Waals surface area contributed by atoms with Crippen LogP contribution in [0.1, 0.15) is 17.5 Å². The molecule has 0 spiro atoms. The molecule has 0 bridgehead atoms. The Bertz CT molecular complexity index is 1080. The van der Waals surface area contributed by atoms with Crippen molar-refractivity contribution in [2.24, 2.45) is 0 Å². The SMILES string of the molecule is Cc1ccc(CCC(=O)N2CCN(S(=O)(=O)c3ccc4c(c3)OCCO4)CC2)cc1Cl. The van der Waals surface area contributed by atoms with Gasteiger partial charge in [-0.15, -0.1) is 0 Å². The van der Waals surface area contributed by atoms with E-state index in [9.17, 15) is 13.2 Å². The number of sulfonamides is 1. The molecule has 0 N–H and O–H groups in total. The van der Waals surface area contributed by atoms with E-state index in [2.05, 4.69) is 0 Å². The smallest absolute Gasteiger partial charge is 0.243 e. The number of nitrogens with zero attached hydrogens (tertiary/aromatic N) is 2. The fourth-order valence-electron chi connectivity index (χ4n) is 3.71. The summed E-state index contributed by atoms with van der Waals surface area (Å²) in [5.41, 5.74) is 2.02. The first kappa shape index (κ1) is 21.9. The highest BCUT2D eigenvalue weighted by Crippen LogP contribution is 2.33. The monoisotopic (exact) mass is 464 g/mol. The molecule has 1 saturated heterocycles. The average molecular weight is 465 g/mol. The van der Waals surface area contributed by atoms with Gasteiger partial charge in [-0.25, -0.2) is 8.42 Å². The molecule has 0 unspecified atom stereocenters. The highest BCUT2D eigenvalue weighted by atomic mass is 35.5. The Hall–Kier alpha value is -2.29. The third-order valence-electron chi connectivity index (χ3n) is 5.61.